The van der Waals surface area contributed by atoms with Gasteiger partial charge in [0.2, 0.25) is 5.88 Å². The van der Waals surface area contributed by atoms with Gasteiger partial charge in [0.25, 0.3) is 0 Å². The van der Waals surface area contributed by atoms with Crippen molar-refractivity contribution in [2.45, 2.75) is 0 Å². The zero-order valence-electron chi connectivity index (χ0n) is 10.8. The molecule has 0 atom stereocenters. The van der Waals surface area contributed by atoms with Crippen LogP contribution in [0.2, 0.25) is 5.15 Å². The Morgan fingerprint density at radius 3 is 2.71 bits per heavy atom. The number of ether oxygens (including phenoxy) is 2. The average molecular weight is 305 g/mol. The van der Waals surface area contributed by atoms with Gasteiger partial charge in [-0.15, -0.1) is 0 Å². The maximum absolute atomic E-state index is 11.0. The smallest absolute Gasteiger partial charge is 0.335 e. The van der Waals surface area contributed by atoms with E-state index in [2.05, 4.69) is 4.98 Å². The summed E-state index contributed by atoms with van der Waals surface area (Å²) >= 11 is 5.75. The van der Waals surface area contributed by atoms with Crippen LogP contribution in [0.15, 0.2) is 30.3 Å². The van der Waals surface area contributed by atoms with Crippen LogP contribution in [-0.4, -0.2) is 23.2 Å². The van der Waals surface area contributed by atoms with Crippen LogP contribution in [0, 0.1) is 11.3 Å². The highest BCUT2D eigenvalue weighted by Gasteiger charge is 2.12. The predicted molar refractivity (Wildman–Crippen MR) is 74.0 cm³/mol. The summed E-state index contributed by atoms with van der Waals surface area (Å²) in [5.74, 6) is -0.505. The summed E-state index contributed by atoms with van der Waals surface area (Å²) < 4.78 is 10.6. The number of aromatic carboxylic acids is 1. The highest BCUT2D eigenvalue weighted by molar-refractivity contribution is 6.29. The van der Waals surface area contributed by atoms with E-state index >= 15 is 0 Å². The number of hydrogen-bond acceptors (Lipinski definition) is 5. The molecule has 0 spiro atoms. The number of aromatic nitrogens is 1. The Morgan fingerprint density at radius 2 is 2.10 bits per heavy atom. The second-order valence-corrected chi connectivity index (χ2v) is 4.29. The van der Waals surface area contributed by atoms with Crippen molar-refractivity contribution in [1.29, 1.82) is 5.26 Å². The van der Waals surface area contributed by atoms with Crippen molar-refractivity contribution < 1.29 is 19.4 Å². The molecule has 106 valence electrons. The lowest BCUT2D eigenvalue weighted by Gasteiger charge is -2.10. The third-order valence-electron chi connectivity index (χ3n) is 2.52. The van der Waals surface area contributed by atoms with Crippen LogP contribution >= 0.6 is 11.6 Å². The standard InChI is InChI=1S/C14H9ClN2O4/c1-20-11-4-8(7-16)2-3-10(11)21-13-6-9(14(18)19)5-12(15)17-13/h2-6H,1H3,(H,18,19). The van der Waals surface area contributed by atoms with Crippen LogP contribution in [0.4, 0.5) is 0 Å². The van der Waals surface area contributed by atoms with Gasteiger partial charge in [-0.2, -0.15) is 5.26 Å². The maximum atomic E-state index is 11.0. The molecule has 2 rings (SSSR count). The molecule has 0 aliphatic carbocycles. The fourth-order valence-electron chi connectivity index (χ4n) is 1.58. The van der Waals surface area contributed by atoms with E-state index in [0.29, 0.717) is 17.1 Å². The van der Waals surface area contributed by atoms with E-state index < -0.39 is 5.97 Å². The lowest BCUT2D eigenvalue weighted by Crippen LogP contribution is -1.99. The Kier molecular flexibility index (Phi) is 4.26. The number of nitriles is 1. The van der Waals surface area contributed by atoms with Crippen molar-refractivity contribution in [2.24, 2.45) is 0 Å². The van der Waals surface area contributed by atoms with Gasteiger partial charge in [0.05, 0.1) is 24.3 Å². The molecule has 0 saturated carbocycles. The largest absolute Gasteiger partial charge is 0.493 e. The molecule has 0 aliphatic heterocycles. The number of halogens is 1. The molecule has 1 heterocycles. The quantitative estimate of drug-likeness (QED) is 0.872. The van der Waals surface area contributed by atoms with Gasteiger partial charge >= 0.3 is 5.97 Å². The number of benzene rings is 1. The lowest BCUT2D eigenvalue weighted by atomic mass is 10.2. The summed E-state index contributed by atoms with van der Waals surface area (Å²) in [4.78, 5) is 14.9. The topological polar surface area (TPSA) is 92.4 Å². The summed E-state index contributed by atoms with van der Waals surface area (Å²) in [7, 11) is 1.43. The molecule has 0 amide bonds. The van der Waals surface area contributed by atoms with Crippen LogP contribution in [0.25, 0.3) is 0 Å². The fraction of sp³-hybridized carbons (Fsp3) is 0.0714. The molecule has 7 heteroatoms. The van der Waals surface area contributed by atoms with Crippen LogP contribution < -0.4 is 9.47 Å². The van der Waals surface area contributed by atoms with Crippen molar-refractivity contribution in [2.75, 3.05) is 7.11 Å². The van der Waals surface area contributed by atoms with Gasteiger partial charge < -0.3 is 14.6 Å². The van der Waals surface area contributed by atoms with Crippen LogP contribution in [0.5, 0.6) is 17.4 Å². The summed E-state index contributed by atoms with van der Waals surface area (Å²) in [5, 5.41) is 17.8. The molecule has 1 aromatic carbocycles. The summed E-state index contributed by atoms with van der Waals surface area (Å²) in [6, 6.07) is 9.00. The first-order valence-electron chi connectivity index (χ1n) is 5.70. The van der Waals surface area contributed by atoms with Gasteiger partial charge in [-0.3, -0.25) is 0 Å². The minimum Gasteiger partial charge on any atom is -0.493 e. The van der Waals surface area contributed by atoms with Gasteiger partial charge in [0.15, 0.2) is 11.5 Å². The molecule has 0 bridgehead atoms. The van der Waals surface area contributed by atoms with Gasteiger partial charge in [-0.25, -0.2) is 9.78 Å². The summed E-state index contributed by atoms with van der Waals surface area (Å²) in [5.41, 5.74) is 0.363. The molecular weight excluding hydrogens is 296 g/mol. The highest BCUT2D eigenvalue weighted by atomic mass is 35.5. The Bertz CT molecular complexity index is 740. The number of methoxy groups -OCH3 is 1. The molecule has 1 N–H and O–H groups in total. The zero-order chi connectivity index (χ0) is 15.4. The first-order valence-corrected chi connectivity index (χ1v) is 6.08. The second-order valence-electron chi connectivity index (χ2n) is 3.90. The maximum Gasteiger partial charge on any atom is 0.335 e. The van der Waals surface area contributed by atoms with E-state index in [1.54, 1.807) is 6.07 Å². The summed E-state index contributed by atoms with van der Waals surface area (Å²) in [6.07, 6.45) is 0. The van der Waals surface area contributed by atoms with Gasteiger partial charge in [-0.05, 0) is 18.2 Å². The molecule has 2 aromatic rings. The van der Waals surface area contributed by atoms with E-state index in [9.17, 15) is 4.79 Å². The second kappa shape index (κ2) is 6.11. The SMILES string of the molecule is COc1cc(C#N)ccc1Oc1cc(C(=O)O)cc(Cl)n1. The van der Waals surface area contributed by atoms with E-state index in [4.69, 9.17) is 31.4 Å². The Labute approximate surface area is 125 Å². The number of carbonyl (C=O) groups is 1. The molecule has 0 unspecified atom stereocenters. The first-order chi connectivity index (χ1) is 10.0. The van der Waals surface area contributed by atoms with Gasteiger partial charge in [0.1, 0.15) is 5.15 Å². The van der Waals surface area contributed by atoms with Crippen molar-refractivity contribution in [3.8, 4) is 23.4 Å². The zero-order valence-corrected chi connectivity index (χ0v) is 11.6. The molecular formula is C14H9ClN2O4. The van der Waals surface area contributed by atoms with Crippen molar-refractivity contribution in [3.63, 3.8) is 0 Å². The number of pyridine rings is 1. The van der Waals surface area contributed by atoms with Crippen LogP contribution in [0.3, 0.4) is 0 Å². The van der Waals surface area contributed by atoms with E-state index in [0.717, 1.165) is 0 Å². The number of hydrogen-bond donors (Lipinski definition) is 1. The summed E-state index contributed by atoms with van der Waals surface area (Å²) in [6.45, 7) is 0. The highest BCUT2D eigenvalue weighted by Crippen LogP contribution is 2.32. The van der Waals surface area contributed by atoms with Gasteiger partial charge in [0, 0.05) is 12.1 Å². The lowest BCUT2D eigenvalue weighted by molar-refractivity contribution is 0.0696. The molecule has 21 heavy (non-hydrogen) atoms. The molecule has 0 radical (unpaired) electrons. The molecule has 0 saturated heterocycles. The number of nitrogens with zero attached hydrogens (tertiary/aromatic N) is 2. The van der Waals surface area contributed by atoms with Gasteiger partial charge in [-0.1, -0.05) is 11.6 Å². The first kappa shape index (κ1) is 14.6. The predicted octanol–water partition coefficient (Wildman–Crippen LogP) is 3.11. The number of carboxylic acids is 1. The van der Waals surface area contributed by atoms with E-state index in [1.165, 1.54) is 31.4 Å². The third kappa shape index (κ3) is 3.41. The van der Waals surface area contributed by atoms with Crippen molar-refractivity contribution >= 4 is 17.6 Å². The van der Waals surface area contributed by atoms with E-state index in [-0.39, 0.29) is 16.6 Å². The van der Waals surface area contributed by atoms with Crippen LogP contribution in [0.1, 0.15) is 15.9 Å². The molecule has 0 fully saturated rings. The third-order valence-corrected chi connectivity index (χ3v) is 2.72. The molecule has 6 nitrogen and oxygen atoms in total. The minimum atomic E-state index is -1.14. The number of rotatable bonds is 4. The normalized spacial score (nSPS) is 9.76. The van der Waals surface area contributed by atoms with E-state index in [1.807, 2.05) is 6.07 Å². The van der Waals surface area contributed by atoms with Crippen molar-refractivity contribution in [3.05, 3.63) is 46.6 Å². The average Bonchev–Trinajstić information content (AvgIpc) is 2.47. The Balaban J connectivity index is 2.38. The van der Waals surface area contributed by atoms with Crippen LogP contribution in [-0.2, 0) is 0 Å². The molecule has 1 aromatic heterocycles. The molecule has 0 aliphatic rings. The fourth-order valence-corrected chi connectivity index (χ4v) is 1.78. The Hall–Kier alpha value is -2.78. The minimum absolute atomic E-state index is 0.00230. The van der Waals surface area contributed by atoms with Crippen molar-refractivity contribution in [1.82, 2.24) is 4.98 Å². The monoisotopic (exact) mass is 304 g/mol. The Morgan fingerprint density at radius 1 is 1.33 bits per heavy atom. The number of carboxylic acid groups (broad SMARTS) is 1.